The van der Waals surface area contributed by atoms with Crippen molar-refractivity contribution in [3.63, 3.8) is 0 Å². The first-order valence-corrected chi connectivity index (χ1v) is 6.76. The van der Waals surface area contributed by atoms with E-state index in [2.05, 4.69) is 27.6 Å². The van der Waals surface area contributed by atoms with E-state index in [0.29, 0.717) is 12.2 Å². The Morgan fingerprint density at radius 3 is 2.95 bits per heavy atom. The average Bonchev–Trinajstić information content (AvgIpc) is 3.01. The van der Waals surface area contributed by atoms with Crippen LogP contribution in [0.15, 0.2) is 36.8 Å². The molecule has 0 aromatic carbocycles. The lowest BCUT2D eigenvalue weighted by atomic mass is 10.3. The molecule has 2 aromatic rings. The summed E-state index contributed by atoms with van der Waals surface area (Å²) < 4.78 is 1.70. The van der Waals surface area contributed by atoms with E-state index in [4.69, 9.17) is 0 Å². The van der Waals surface area contributed by atoms with Gasteiger partial charge in [0.2, 0.25) is 0 Å². The Kier molecular flexibility index (Phi) is 5.25. The molecule has 2 aromatic heterocycles. The average molecular weight is 273 g/mol. The molecule has 0 fully saturated rings. The lowest BCUT2D eigenvalue weighted by Gasteiger charge is -2.07. The first-order valence-electron chi connectivity index (χ1n) is 6.76. The molecule has 0 radical (unpaired) electrons. The van der Waals surface area contributed by atoms with Gasteiger partial charge in [-0.25, -0.2) is 4.68 Å². The molecule has 0 spiro atoms. The maximum Gasteiger partial charge on any atom is 0.269 e. The van der Waals surface area contributed by atoms with E-state index in [-0.39, 0.29) is 5.91 Å². The normalized spacial score (nSPS) is 10.4. The monoisotopic (exact) mass is 273 g/mol. The van der Waals surface area contributed by atoms with Gasteiger partial charge in [0.15, 0.2) is 0 Å². The zero-order valence-electron chi connectivity index (χ0n) is 11.5. The summed E-state index contributed by atoms with van der Waals surface area (Å²) in [6.07, 6.45) is 6.22. The van der Waals surface area contributed by atoms with Gasteiger partial charge in [-0.1, -0.05) is 6.92 Å². The second kappa shape index (κ2) is 7.40. The molecule has 0 unspecified atom stereocenters. The fraction of sp³-hybridized carbons (Fsp3) is 0.357. The minimum atomic E-state index is -0.169. The molecule has 6 nitrogen and oxygen atoms in total. The molecule has 0 bridgehead atoms. The lowest BCUT2D eigenvalue weighted by molar-refractivity contribution is 0.0949. The molecule has 106 valence electrons. The fourth-order valence-electron chi connectivity index (χ4n) is 1.76. The van der Waals surface area contributed by atoms with Crippen LogP contribution in [-0.2, 0) is 0 Å². The summed E-state index contributed by atoms with van der Waals surface area (Å²) >= 11 is 0. The number of aromatic nitrogens is 3. The summed E-state index contributed by atoms with van der Waals surface area (Å²) in [5.41, 5.74) is 1.22. The zero-order valence-corrected chi connectivity index (χ0v) is 11.5. The van der Waals surface area contributed by atoms with E-state index >= 15 is 0 Å². The molecule has 2 N–H and O–H groups in total. The Morgan fingerprint density at radius 1 is 1.30 bits per heavy atom. The summed E-state index contributed by atoms with van der Waals surface area (Å²) in [4.78, 5) is 16.1. The molecule has 0 aliphatic carbocycles. The molecule has 20 heavy (non-hydrogen) atoms. The van der Waals surface area contributed by atoms with Gasteiger partial charge in [-0.2, -0.15) is 5.10 Å². The summed E-state index contributed by atoms with van der Waals surface area (Å²) in [7, 11) is 0. The van der Waals surface area contributed by atoms with E-state index in [1.165, 1.54) is 0 Å². The standard InChI is InChI=1S/C14H19N5O/c1-2-5-15-8-9-17-14(20)13-11-12(4-7-16-13)19-10-3-6-18-19/h3-4,6-7,10-11,15H,2,5,8-9H2,1H3,(H,17,20). The van der Waals surface area contributed by atoms with Gasteiger partial charge in [0.25, 0.3) is 5.91 Å². The van der Waals surface area contributed by atoms with Gasteiger partial charge in [0.05, 0.1) is 5.69 Å². The number of pyridine rings is 1. The van der Waals surface area contributed by atoms with Crippen molar-refractivity contribution in [2.75, 3.05) is 19.6 Å². The second-order valence-electron chi connectivity index (χ2n) is 4.36. The Hall–Kier alpha value is -2.21. The van der Waals surface area contributed by atoms with Crippen molar-refractivity contribution in [3.8, 4) is 5.69 Å². The number of carbonyl (C=O) groups is 1. The summed E-state index contributed by atoms with van der Waals surface area (Å²) in [6, 6.07) is 5.37. The molecule has 0 saturated heterocycles. The van der Waals surface area contributed by atoms with Gasteiger partial charge >= 0.3 is 0 Å². The highest BCUT2D eigenvalue weighted by Crippen LogP contribution is 2.06. The molecule has 2 rings (SSSR count). The van der Waals surface area contributed by atoms with Crippen molar-refractivity contribution in [3.05, 3.63) is 42.5 Å². The van der Waals surface area contributed by atoms with E-state index in [0.717, 1.165) is 25.2 Å². The van der Waals surface area contributed by atoms with E-state index in [1.54, 1.807) is 23.1 Å². The largest absolute Gasteiger partial charge is 0.349 e. The SMILES string of the molecule is CCCNCCNC(=O)c1cc(-n2cccn2)ccn1. The third-order valence-electron chi connectivity index (χ3n) is 2.76. The molecule has 0 aliphatic heterocycles. The highest BCUT2D eigenvalue weighted by Gasteiger charge is 2.07. The van der Waals surface area contributed by atoms with E-state index in [9.17, 15) is 4.79 Å². The van der Waals surface area contributed by atoms with Crippen LogP contribution in [0, 0.1) is 0 Å². The summed E-state index contributed by atoms with van der Waals surface area (Å²) in [5, 5.41) is 10.2. The number of rotatable bonds is 7. The number of hydrogen-bond acceptors (Lipinski definition) is 4. The van der Waals surface area contributed by atoms with Crippen molar-refractivity contribution in [1.29, 1.82) is 0 Å². The van der Waals surface area contributed by atoms with Crippen molar-refractivity contribution < 1.29 is 4.79 Å². The quantitative estimate of drug-likeness (QED) is 0.738. The predicted molar refractivity (Wildman–Crippen MR) is 76.9 cm³/mol. The van der Waals surface area contributed by atoms with Crippen LogP contribution in [0.3, 0.4) is 0 Å². The Balaban J connectivity index is 1.92. The number of carbonyl (C=O) groups excluding carboxylic acids is 1. The first-order chi connectivity index (χ1) is 9.81. The second-order valence-corrected chi connectivity index (χ2v) is 4.36. The smallest absolute Gasteiger partial charge is 0.269 e. The number of amides is 1. The van der Waals surface area contributed by atoms with E-state index in [1.807, 2.05) is 18.3 Å². The highest BCUT2D eigenvalue weighted by atomic mass is 16.1. The van der Waals surface area contributed by atoms with Gasteiger partial charge in [-0.05, 0) is 31.2 Å². The third-order valence-corrected chi connectivity index (χ3v) is 2.76. The van der Waals surface area contributed by atoms with Crippen LogP contribution in [0.2, 0.25) is 0 Å². The maximum absolute atomic E-state index is 12.0. The Labute approximate surface area is 118 Å². The molecule has 0 aliphatic rings. The minimum Gasteiger partial charge on any atom is -0.349 e. The van der Waals surface area contributed by atoms with Crippen LogP contribution >= 0.6 is 0 Å². The number of nitrogens with one attached hydrogen (secondary N) is 2. The van der Waals surface area contributed by atoms with Crippen molar-refractivity contribution in [2.45, 2.75) is 13.3 Å². The van der Waals surface area contributed by atoms with Crippen LogP contribution in [0.1, 0.15) is 23.8 Å². The summed E-state index contributed by atoms with van der Waals surface area (Å²) in [6.45, 7) is 4.42. The van der Waals surface area contributed by atoms with E-state index < -0.39 is 0 Å². The van der Waals surface area contributed by atoms with Crippen LogP contribution < -0.4 is 10.6 Å². The molecular formula is C14H19N5O. The first kappa shape index (κ1) is 14.2. The zero-order chi connectivity index (χ0) is 14.2. The Bertz CT molecular complexity index is 538. The molecule has 6 heteroatoms. The van der Waals surface area contributed by atoms with Gasteiger partial charge in [0.1, 0.15) is 5.69 Å². The molecule has 2 heterocycles. The van der Waals surface area contributed by atoms with Gasteiger partial charge in [-0.15, -0.1) is 0 Å². The van der Waals surface area contributed by atoms with Crippen molar-refractivity contribution in [2.24, 2.45) is 0 Å². The van der Waals surface area contributed by atoms with Crippen molar-refractivity contribution in [1.82, 2.24) is 25.4 Å². The topological polar surface area (TPSA) is 71.8 Å². The molecule has 1 amide bonds. The number of hydrogen-bond donors (Lipinski definition) is 2. The van der Waals surface area contributed by atoms with Gasteiger partial charge in [0, 0.05) is 31.7 Å². The predicted octanol–water partition coefficient (Wildman–Crippen LogP) is 0.997. The van der Waals surface area contributed by atoms with Crippen LogP contribution in [0.25, 0.3) is 5.69 Å². The Morgan fingerprint density at radius 2 is 2.20 bits per heavy atom. The summed E-state index contributed by atoms with van der Waals surface area (Å²) in [5.74, 6) is -0.169. The fourth-order valence-corrected chi connectivity index (χ4v) is 1.76. The van der Waals surface area contributed by atoms with Crippen LogP contribution in [0.4, 0.5) is 0 Å². The van der Waals surface area contributed by atoms with Gasteiger partial charge < -0.3 is 10.6 Å². The van der Waals surface area contributed by atoms with Crippen LogP contribution in [-0.4, -0.2) is 40.3 Å². The maximum atomic E-state index is 12.0. The van der Waals surface area contributed by atoms with Crippen LogP contribution in [0.5, 0.6) is 0 Å². The molecule has 0 atom stereocenters. The molecule has 0 saturated carbocycles. The highest BCUT2D eigenvalue weighted by molar-refractivity contribution is 5.92. The third kappa shape index (κ3) is 3.89. The minimum absolute atomic E-state index is 0.169. The lowest BCUT2D eigenvalue weighted by Crippen LogP contribution is -2.32. The molecular weight excluding hydrogens is 254 g/mol. The van der Waals surface area contributed by atoms with Gasteiger partial charge in [-0.3, -0.25) is 9.78 Å². The van der Waals surface area contributed by atoms with Crippen molar-refractivity contribution >= 4 is 5.91 Å². The number of nitrogens with zero attached hydrogens (tertiary/aromatic N) is 3.